The number of aryl methyl sites for hydroxylation is 1. The summed E-state index contributed by atoms with van der Waals surface area (Å²) < 4.78 is 0. The lowest BCUT2D eigenvalue weighted by molar-refractivity contribution is -0.137. The number of nitrogens with zero attached hydrogens (tertiary/aromatic N) is 1. The number of benzene rings is 1. The van der Waals surface area contributed by atoms with Gasteiger partial charge in [0, 0.05) is 19.3 Å². The highest BCUT2D eigenvalue weighted by Gasteiger charge is 2.22. The summed E-state index contributed by atoms with van der Waals surface area (Å²) in [5.41, 5.74) is 1.91. The topological polar surface area (TPSA) is 69.6 Å². The number of hydrogen-bond acceptors (Lipinski definition) is 3. The average molecular weight is 264 g/mol. The largest absolute Gasteiger partial charge is 0.481 e. The number of nitrogens with one attached hydrogen (secondary N) is 1. The van der Waals surface area contributed by atoms with Gasteiger partial charge in [0.05, 0.1) is 6.42 Å². The first-order valence-electron chi connectivity index (χ1n) is 6.23. The fourth-order valence-electron chi connectivity index (χ4n) is 1.97. The Morgan fingerprint density at radius 2 is 2.00 bits per heavy atom. The number of carboxylic acid groups (broad SMARTS) is 1. The van der Waals surface area contributed by atoms with E-state index in [1.165, 1.54) is 0 Å². The Balaban J connectivity index is 3.01. The van der Waals surface area contributed by atoms with Crippen LogP contribution in [0.4, 0.5) is 5.69 Å². The van der Waals surface area contributed by atoms with Crippen LogP contribution in [0.5, 0.6) is 0 Å². The van der Waals surface area contributed by atoms with Gasteiger partial charge in [-0.15, -0.1) is 0 Å². The lowest BCUT2D eigenvalue weighted by Gasteiger charge is -2.31. The molecule has 0 radical (unpaired) electrons. The molecule has 0 heterocycles. The standard InChI is InChI=1S/C14H20N2O3/c1-10-6-4-5-7-12(10)16(9-8-13(17)18)11(2)14(19)15-3/h4-7,11H,8-9H2,1-3H3,(H,15,19)(H,17,18). The molecule has 1 atom stereocenters. The monoisotopic (exact) mass is 264 g/mol. The van der Waals surface area contributed by atoms with Gasteiger partial charge in [-0.25, -0.2) is 0 Å². The second kappa shape index (κ2) is 6.78. The highest BCUT2D eigenvalue weighted by atomic mass is 16.4. The summed E-state index contributed by atoms with van der Waals surface area (Å²) in [5, 5.41) is 11.4. The van der Waals surface area contributed by atoms with Gasteiger partial charge in [-0.05, 0) is 25.5 Å². The zero-order valence-corrected chi connectivity index (χ0v) is 11.5. The van der Waals surface area contributed by atoms with Crippen molar-refractivity contribution in [1.82, 2.24) is 5.32 Å². The number of carbonyl (C=O) groups is 2. The number of carboxylic acids is 1. The number of rotatable bonds is 6. The van der Waals surface area contributed by atoms with E-state index in [9.17, 15) is 9.59 Å². The van der Waals surface area contributed by atoms with Crippen molar-refractivity contribution in [2.75, 3.05) is 18.5 Å². The Hall–Kier alpha value is -2.04. The van der Waals surface area contributed by atoms with Crippen LogP contribution in [0.1, 0.15) is 18.9 Å². The molecule has 19 heavy (non-hydrogen) atoms. The predicted octanol–water partition coefficient (Wildman–Crippen LogP) is 1.41. The number of amides is 1. The normalized spacial score (nSPS) is 11.7. The summed E-state index contributed by atoms with van der Waals surface area (Å²) in [6.45, 7) is 4.02. The van der Waals surface area contributed by atoms with Gasteiger partial charge < -0.3 is 15.3 Å². The number of carbonyl (C=O) groups excluding carboxylic acids is 1. The third kappa shape index (κ3) is 3.98. The molecule has 0 aliphatic heterocycles. The second-order valence-corrected chi connectivity index (χ2v) is 4.41. The molecule has 0 spiro atoms. The molecule has 0 saturated heterocycles. The molecule has 0 aliphatic carbocycles. The summed E-state index contributed by atoms with van der Waals surface area (Å²) in [4.78, 5) is 24.4. The third-order valence-corrected chi connectivity index (χ3v) is 3.08. The van der Waals surface area contributed by atoms with Crippen molar-refractivity contribution in [2.24, 2.45) is 0 Å². The Morgan fingerprint density at radius 3 is 2.53 bits per heavy atom. The average Bonchev–Trinajstić information content (AvgIpc) is 2.39. The van der Waals surface area contributed by atoms with Crippen molar-refractivity contribution in [3.63, 3.8) is 0 Å². The van der Waals surface area contributed by atoms with Crippen LogP contribution in [0.25, 0.3) is 0 Å². The van der Waals surface area contributed by atoms with Gasteiger partial charge in [-0.3, -0.25) is 9.59 Å². The van der Waals surface area contributed by atoms with Crippen LogP contribution in [0.2, 0.25) is 0 Å². The van der Waals surface area contributed by atoms with Crippen molar-refractivity contribution in [1.29, 1.82) is 0 Å². The van der Waals surface area contributed by atoms with E-state index >= 15 is 0 Å². The molecule has 0 aliphatic rings. The molecule has 104 valence electrons. The molecule has 0 fully saturated rings. The van der Waals surface area contributed by atoms with Crippen molar-refractivity contribution >= 4 is 17.6 Å². The number of para-hydroxylation sites is 1. The zero-order valence-electron chi connectivity index (χ0n) is 11.5. The molecule has 1 aromatic carbocycles. The first-order valence-corrected chi connectivity index (χ1v) is 6.23. The molecule has 5 nitrogen and oxygen atoms in total. The summed E-state index contributed by atoms with van der Waals surface area (Å²) in [5.74, 6) is -1.00. The summed E-state index contributed by atoms with van der Waals surface area (Å²) in [6, 6.07) is 7.23. The Kier molecular flexibility index (Phi) is 5.36. The molecular weight excluding hydrogens is 244 g/mol. The minimum absolute atomic E-state index is 0.00430. The number of aliphatic carboxylic acids is 1. The number of hydrogen-bond donors (Lipinski definition) is 2. The van der Waals surface area contributed by atoms with Crippen LogP contribution >= 0.6 is 0 Å². The van der Waals surface area contributed by atoms with Gasteiger partial charge in [-0.1, -0.05) is 18.2 Å². The van der Waals surface area contributed by atoms with Crippen LogP contribution in [0.3, 0.4) is 0 Å². The summed E-state index contributed by atoms with van der Waals surface area (Å²) >= 11 is 0. The Bertz CT molecular complexity index is 460. The maximum atomic E-state index is 11.8. The lowest BCUT2D eigenvalue weighted by atomic mass is 10.1. The minimum atomic E-state index is -0.873. The number of likely N-dealkylation sites (N-methyl/N-ethyl adjacent to an activating group) is 1. The SMILES string of the molecule is CNC(=O)C(C)N(CCC(=O)O)c1ccccc1C. The van der Waals surface area contributed by atoms with E-state index in [-0.39, 0.29) is 12.3 Å². The first-order chi connectivity index (χ1) is 8.97. The zero-order chi connectivity index (χ0) is 14.4. The molecular formula is C14H20N2O3. The maximum Gasteiger partial charge on any atom is 0.305 e. The first kappa shape index (κ1) is 15.0. The van der Waals surface area contributed by atoms with Gasteiger partial charge in [0.15, 0.2) is 0 Å². The molecule has 1 amide bonds. The second-order valence-electron chi connectivity index (χ2n) is 4.41. The lowest BCUT2D eigenvalue weighted by Crippen LogP contribution is -2.45. The minimum Gasteiger partial charge on any atom is -0.481 e. The van der Waals surface area contributed by atoms with Gasteiger partial charge >= 0.3 is 5.97 Å². The molecule has 2 N–H and O–H groups in total. The fourth-order valence-corrected chi connectivity index (χ4v) is 1.97. The maximum absolute atomic E-state index is 11.8. The van der Waals surface area contributed by atoms with Crippen LogP contribution in [-0.2, 0) is 9.59 Å². The Morgan fingerprint density at radius 1 is 1.37 bits per heavy atom. The van der Waals surface area contributed by atoms with E-state index in [2.05, 4.69) is 5.32 Å². The van der Waals surface area contributed by atoms with Crippen LogP contribution < -0.4 is 10.2 Å². The predicted molar refractivity (Wildman–Crippen MR) is 74.3 cm³/mol. The van der Waals surface area contributed by atoms with E-state index in [1.54, 1.807) is 14.0 Å². The molecule has 0 aromatic heterocycles. The molecule has 0 bridgehead atoms. The van der Waals surface area contributed by atoms with Gasteiger partial charge in [0.2, 0.25) is 5.91 Å². The summed E-state index contributed by atoms with van der Waals surface area (Å²) in [6.07, 6.45) is -0.00430. The van der Waals surface area contributed by atoms with E-state index < -0.39 is 12.0 Å². The van der Waals surface area contributed by atoms with E-state index in [0.717, 1.165) is 11.3 Å². The quantitative estimate of drug-likeness (QED) is 0.815. The summed E-state index contributed by atoms with van der Waals surface area (Å²) in [7, 11) is 1.58. The van der Waals surface area contributed by atoms with Crippen molar-refractivity contribution in [3.8, 4) is 0 Å². The molecule has 1 unspecified atom stereocenters. The smallest absolute Gasteiger partial charge is 0.305 e. The van der Waals surface area contributed by atoms with E-state index in [4.69, 9.17) is 5.11 Å². The van der Waals surface area contributed by atoms with Crippen molar-refractivity contribution < 1.29 is 14.7 Å². The fraction of sp³-hybridized carbons (Fsp3) is 0.429. The van der Waals surface area contributed by atoms with Crippen molar-refractivity contribution in [2.45, 2.75) is 26.3 Å². The highest BCUT2D eigenvalue weighted by Crippen LogP contribution is 2.22. The molecule has 5 heteroatoms. The Labute approximate surface area is 113 Å². The van der Waals surface area contributed by atoms with Crippen LogP contribution in [0.15, 0.2) is 24.3 Å². The highest BCUT2D eigenvalue weighted by molar-refractivity contribution is 5.85. The molecule has 0 saturated carbocycles. The molecule has 1 aromatic rings. The van der Waals surface area contributed by atoms with Crippen LogP contribution in [0, 0.1) is 6.92 Å². The van der Waals surface area contributed by atoms with E-state index in [0.29, 0.717) is 6.54 Å². The number of anilines is 1. The van der Waals surface area contributed by atoms with Gasteiger partial charge in [0.25, 0.3) is 0 Å². The van der Waals surface area contributed by atoms with Crippen LogP contribution in [-0.4, -0.2) is 36.6 Å². The van der Waals surface area contributed by atoms with Gasteiger partial charge in [-0.2, -0.15) is 0 Å². The van der Waals surface area contributed by atoms with Gasteiger partial charge in [0.1, 0.15) is 6.04 Å². The molecule has 1 rings (SSSR count). The van der Waals surface area contributed by atoms with Crippen molar-refractivity contribution in [3.05, 3.63) is 29.8 Å². The van der Waals surface area contributed by atoms with E-state index in [1.807, 2.05) is 36.1 Å². The third-order valence-electron chi connectivity index (χ3n) is 3.08.